The number of fused-ring (bicyclic) bond motifs is 1. The third-order valence-corrected chi connectivity index (χ3v) is 6.41. The van der Waals surface area contributed by atoms with Gasteiger partial charge in [0.15, 0.2) is 11.5 Å². The number of hydrogen-bond donors (Lipinski definition) is 0. The van der Waals surface area contributed by atoms with Gasteiger partial charge in [-0.2, -0.15) is 4.31 Å². The molecule has 0 radical (unpaired) electrons. The quantitative estimate of drug-likeness (QED) is 0.664. The van der Waals surface area contributed by atoms with Crippen molar-refractivity contribution in [1.29, 1.82) is 0 Å². The Kier molecular flexibility index (Phi) is 6.03. The number of ether oxygens (including phenoxy) is 3. The van der Waals surface area contributed by atoms with Crippen LogP contribution < -0.4 is 9.47 Å². The molecule has 1 atom stereocenters. The van der Waals surface area contributed by atoms with Crippen LogP contribution >= 0.6 is 0 Å². The van der Waals surface area contributed by atoms with E-state index in [2.05, 4.69) is 6.58 Å². The highest BCUT2D eigenvalue weighted by molar-refractivity contribution is 7.89. The fraction of sp³-hybridized carbons (Fsp3) is 0.500. The van der Waals surface area contributed by atoms with E-state index in [1.807, 2.05) is 0 Å². The summed E-state index contributed by atoms with van der Waals surface area (Å²) in [6.45, 7) is 7.49. The van der Waals surface area contributed by atoms with E-state index in [-0.39, 0.29) is 23.9 Å². The number of carbonyl (C=O) groups excluding carboxylic acids is 1. The largest absolute Gasteiger partial charge is 0.486 e. The summed E-state index contributed by atoms with van der Waals surface area (Å²) < 4.78 is 43.5. The van der Waals surface area contributed by atoms with Gasteiger partial charge < -0.3 is 19.1 Å². The standard InChI is InChI=1S/C18H24N2O6S/c1-3-10-24-14(2)18(21)19-6-8-20(9-7-19)27(22,23)15-4-5-16-17(13-15)26-12-11-25-16/h3-5,13-14H,1,6-12H2,2H3. The molecule has 27 heavy (non-hydrogen) atoms. The van der Waals surface area contributed by atoms with E-state index in [9.17, 15) is 13.2 Å². The number of sulfonamides is 1. The van der Waals surface area contributed by atoms with Crippen LogP contribution in [0.3, 0.4) is 0 Å². The van der Waals surface area contributed by atoms with E-state index in [1.165, 1.54) is 16.4 Å². The van der Waals surface area contributed by atoms with Gasteiger partial charge in [-0.25, -0.2) is 8.42 Å². The predicted molar refractivity (Wildman–Crippen MR) is 98.4 cm³/mol. The molecule has 9 heteroatoms. The molecule has 1 aromatic rings. The van der Waals surface area contributed by atoms with Crippen molar-refractivity contribution in [2.24, 2.45) is 0 Å². The molecular formula is C18H24N2O6S. The van der Waals surface area contributed by atoms with Crippen LogP contribution in [0, 0.1) is 0 Å². The van der Waals surface area contributed by atoms with Gasteiger partial charge in [0.25, 0.3) is 5.91 Å². The molecular weight excluding hydrogens is 372 g/mol. The number of rotatable bonds is 6. The Morgan fingerprint density at radius 2 is 1.89 bits per heavy atom. The number of hydrogen-bond acceptors (Lipinski definition) is 6. The maximum absolute atomic E-state index is 12.9. The van der Waals surface area contributed by atoms with Crippen molar-refractivity contribution in [1.82, 2.24) is 9.21 Å². The van der Waals surface area contributed by atoms with Crippen LogP contribution in [0.2, 0.25) is 0 Å². The minimum Gasteiger partial charge on any atom is -0.486 e. The normalized spacial score (nSPS) is 18.8. The fourth-order valence-corrected chi connectivity index (χ4v) is 4.46. The number of amides is 1. The van der Waals surface area contributed by atoms with Crippen LogP contribution in [-0.2, 0) is 19.6 Å². The van der Waals surface area contributed by atoms with Crippen LogP contribution in [0.4, 0.5) is 0 Å². The topological polar surface area (TPSA) is 85.4 Å². The minimum atomic E-state index is -3.66. The lowest BCUT2D eigenvalue weighted by Gasteiger charge is -2.35. The van der Waals surface area contributed by atoms with E-state index < -0.39 is 16.1 Å². The zero-order chi connectivity index (χ0) is 19.4. The molecule has 0 spiro atoms. The average Bonchev–Trinajstić information content (AvgIpc) is 2.71. The second-order valence-electron chi connectivity index (χ2n) is 6.30. The zero-order valence-corrected chi connectivity index (χ0v) is 16.1. The first kappa shape index (κ1) is 19.7. The molecule has 148 valence electrons. The Balaban J connectivity index is 1.64. The van der Waals surface area contributed by atoms with Gasteiger partial charge in [-0.1, -0.05) is 6.08 Å². The second-order valence-corrected chi connectivity index (χ2v) is 8.24. The molecule has 2 aliphatic rings. The Morgan fingerprint density at radius 1 is 1.22 bits per heavy atom. The summed E-state index contributed by atoms with van der Waals surface area (Å²) in [5.74, 6) is 0.835. The van der Waals surface area contributed by atoms with Crippen LogP contribution in [-0.4, -0.2) is 75.6 Å². The molecule has 0 aliphatic carbocycles. The maximum Gasteiger partial charge on any atom is 0.251 e. The van der Waals surface area contributed by atoms with Crippen molar-refractivity contribution in [2.75, 3.05) is 46.0 Å². The van der Waals surface area contributed by atoms with E-state index in [0.29, 0.717) is 44.4 Å². The third-order valence-electron chi connectivity index (χ3n) is 4.51. The Morgan fingerprint density at radius 3 is 2.56 bits per heavy atom. The highest BCUT2D eigenvalue weighted by Gasteiger charge is 2.32. The Labute approximate surface area is 159 Å². The van der Waals surface area contributed by atoms with Gasteiger partial charge in [0.2, 0.25) is 10.0 Å². The van der Waals surface area contributed by atoms with Crippen molar-refractivity contribution in [3.63, 3.8) is 0 Å². The van der Waals surface area contributed by atoms with Crippen molar-refractivity contribution >= 4 is 15.9 Å². The van der Waals surface area contributed by atoms with Gasteiger partial charge in [-0.05, 0) is 19.1 Å². The molecule has 1 fully saturated rings. The summed E-state index contributed by atoms with van der Waals surface area (Å²) in [5, 5.41) is 0. The Hall–Kier alpha value is -2.10. The van der Waals surface area contributed by atoms with Gasteiger partial charge in [-0.15, -0.1) is 6.58 Å². The summed E-state index contributed by atoms with van der Waals surface area (Å²) in [5.41, 5.74) is 0. The minimum absolute atomic E-state index is 0.145. The lowest BCUT2D eigenvalue weighted by atomic mass is 10.3. The van der Waals surface area contributed by atoms with Crippen LogP contribution in [0.1, 0.15) is 6.92 Å². The first-order valence-corrected chi connectivity index (χ1v) is 10.3. The number of piperazine rings is 1. The Bertz CT molecular complexity index is 802. The molecule has 0 bridgehead atoms. The summed E-state index contributed by atoms with van der Waals surface area (Å²) >= 11 is 0. The van der Waals surface area contributed by atoms with Crippen LogP contribution in [0.15, 0.2) is 35.7 Å². The monoisotopic (exact) mass is 396 g/mol. The summed E-state index contributed by atoms with van der Waals surface area (Å²) in [6, 6.07) is 4.62. The summed E-state index contributed by atoms with van der Waals surface area (Å²) in [4.78, 5) is 14.1. The number of benzene rings is 1. The average molecular weight is 396 g/mol. The molecule has 3 rings (SSSR count). The summed E-state index contributed by atoms with van der Waals surface area (Å²) in [7, 11) is -3.66. The first-order valence-electron chi connectivity index (χ1n) is 8.84. The maximum atomic E-state index is 12.9. The number of carbonyl (C=O) groups is 1. The smallest absolute Gasteiger partial charge is 0.251 e. The van der Waals surface area contributed by atoms with Crippen molar-refractivity contribution < 1.29 is 27.4 Å². The van der Waals surface area contributed by atoms with Gasteiger partial charge >= 0.3 is 0 Å². The van der Waals surface area contributed by atoms with Crippen LogP contribution in [0.5, 0.6) is 11.5 Å². The zero-order valence-electron chi connectivity index (χ0n) is 15.3. The lowest BCUT2D eigenvalue weighted by Crippen LogP contribution is -2.52. The van der Waals surface area contributed by atoms with E-state index in [4.69, 9.17) is 14.2 Å². The molecule has 0 saturated carbocycles. The third kappa shape index (κ3) is 4.26. The highest BCUT2D eigenvalue weighted by atomic mass is 32.2. The summed E-state index contributed by atoms with van der Waals surface area (Å²) in [6.07, 6.45) is 1.01. The molecule has 8 nitrogen and oxygen atoms in total. The molecule has 1 amide bonds. The highest BCUT2D eigenvalue weighted by Crippen LogP contribution is 2.33. The van der Waals surface area contributed by atoms with Crippen molar-refractivity contribution in [2.45, 2.75) is 17.9 Å². The van der Waals surface area contributed by atoms with Gasteiger partial charge in [0.05, 0.1) is 11.5 Å². The fourth-order valence-electron chi connectivity index (χ4n) is 3.02. The molecule has 0 aromatic heterocycles. The SMILES string of the molecule is C=CCOC(C)C(=O)N1CCN(S(=O)(=O)c2ccc3c(c2)OCCO3)CC1. The van der Waals surface area contributed by atoms with Gasteiger partial charge in [-0.3, -0.25) is 4.79 Å². The molecule has 0 N–H and O–H groups in total. The second kappa shape index (κ2) is 8.28. The molecule has 1 unspecified atom stereocenters. The van der Waals surface area contributed by atoms with Gasteiger partial charge in [0.1, 0.15) is 19.3 Å². The van der Waals surface area contributed by atoms with E-state index in [1.54, 1.807) is 24.0 Å². The lowest BCUT2D eigenvalue weighted by molar-refractivity contribution is -0.143. The predicted octanol–water partition coefficient (Wildman–Crippen LogP) is 0.882. The van der Waals surface area contributed by atoms with Crippen molar-refractivity contribution in [3.8, 4) is 11.5 Å². The van der Waals surface area contributed by atoms with E-state index in [0.717, 1.165) is 0 Å². The van der Waals surface area contributed by atoms with Crippen molar-refractivity contribution in [3.05, 3.63) is 30.9 Å². The molecule has 1 aromatic carbocycles. The molecule has 2 aliphatic heterocycles. The first-order chi connectivity index (χ1) is 12.9. The number of nitrogens with zero attached hydrogens (tertiary/aromatic N) is 2. The molecule has 2 heterocycles. The van der Waals surface area contributed by atoms with Gasteiger partial charge in [0, 0.05) is 32.2 Å². The molecule has 1 saturated heterocycles. The van der Waals surface area contributed by atoms with E-state index >= 15 is 0 Å². The van der Waals surface area contributed by atoms with Crippen LogP contribution in [0.25, 0.3) is 0 Å².